The minimum atomic E-state index is 0.0593. The van der Waals surface area contributed by atoms with E-state index in [1.54, 1.807) is 0 Å². The summed E-state index contributed by atoms with van der Waals surface area (Å²) in [7, 11) is 0. The highest BCUT2D eigenvalue weighted by Gasteiger charge is 2.51. The van der Waals surface area contributed by atoms with E-state index in [1.165, 1.54) is 5.56 Å². The minimum Gasteiger partial charge on any atom is -0.395 e. The van der Waals surface area contributed by atoms with Gasteiger partial charge in [0.2, 0.25) is 0 Å². The Morgan fingerprint density at radius 3 is 2.77 bits per heavy atom. The fraction of sp³-hybridized carbons (Fsp3) is 0.455. The molecule has 0 bridgehead atoms. The molecule has 1 N–H and O–H groups in total. The summed E-state index contributed by atoms with van der Waals surface area (Å²) in [5.74, 6) is 0.617. The van der Waals surface area contributed by atoms with Crippen molar-refractivity contribution in [3.63, 3.8) is 0 Å². The number of aliphatic hydroxyl groups is 1. The van der Waals surface area contributed by atoms with Gasteiger partial charge in [0, 0.05) is 9.89 Å². The monoisotopic (exact) mass is 240 g/mol. The van der Waals surface area contributed by atoms with Gasteiger partial charge in [-0.2, -0.15) is 0 Å². The predicted octanol–water partition coefficient (Wildman–Crippen LogP) is 2.72. The maximum atomic E-state index is 9.36. The molecule has 70 valence electrons. The Morgan fingerprint density at radius 1 is 1.62 bits per heavy atom. The molecule has 0 saturated heterocycles. The van der Waals surface area contributed by atoms with Gasteiger partial charge in [-0.1, -0.05) is 35.0 Å². The maximum absolute atomic E-state index is 9.36. The fourth-order valence-corrected chi connectivity index (χ4v) is 2.40. The zero-order valence-electron chi connectivity index (χ0n) is 7.63. The first-order valence-electron chi connectivity index (χ1n) is 4.56. The van der Waals surface area contributed by atoms with Gasteiger partial charge in [0.1, 0.15) is 0 Å². The van der Waals surface area contributed by atoms with Gasteiger partial charge in [-0.3, -0.25) is 0 Å². The van der Waals surface area contributed by atoms with Crippen molar-refractivity contribution in [2.24, 2.45) is 5.92 Å². The Labute approximate surface area is 86.9 Å². The first kappa shape index (κ1) is 9.22. The number of rotatable bonds is 2. The highest BCUT2D eigenvalue weighted by molar-refractivity contribution is 9.10. The van der Waals surface area contributed by atoms with Crippen LogP contribution in [0.25, 0.3) is 0 Å². The summed E-state index contributed by atoms with van der Waals surface area (Å²) in [5.41, 5.74) is 1.32. The van der Waals surface area contributed by atoms with Crippen LogP contribution in [0.1, 0.15) is 18.9 Å². The molecule has 13 heavy (non-hydrogen) atoms. The van der Waals surface area contributed by atoms with Crippen molar-refractivity contribution in [1.29, 1.82) is 0 Å². The van der Waals surface area contributed by atoms with Gasteiger partial charge in [-0.05, 0) is 30.0 Å². The van der Waals surface area contributed by atoms with E-state index in [-0.39, 0.29) is 12.0 Å². The molecule has 0 spiro atoms. The summed E-state index contributed by atoms with van der Waals surface area (Å²) in [6.07, 6.45) is 1.11. The van der Waals surface area contributed by atoms with Gasteiger partial charge in [-0.15, -0.1) is 0 Å². The second kappa shape index (κ2) is 3.10. The second-order valence-electron chi connectivity index (χ2n) is 3.93. The number of hydrogen-bond acceptors (Lipinski definition) is 1. The number of hydrogen-bond donors (Lipinski definition) is 1. The Bertz CT molecular complexity index is 320. The van der Waals surface area contributed by atoms with Crippen molar-refractivity contribution in [1.82, 2.24) is 0 Å². The molecule has 0 heterocycles. The smallest absolute Gasteiger partial charge is 0.0530 e. The lowest BCUT2D eigenvalue weighted by Crippen LogP contribution is -2.14. The standard InChI is InChI=1S/C11H13BrO/c1-8-6-11(8,7-13)9-3-2-4-10(12)5-9/h2-5,8,13H,6-7H2,1H3. The van der Waals surface area contributed by atoms with E-state index >= 15 is 0 Å². The molecule has 1 fully saturated rings. The fourth-order valence-electron chi connectivity index (χ4n) is 2.00. The lowest BCUT2D eigenvalue weighted by Gasteiger charge is -2.13. The van der Waals surface area contributed by atoms with Crippen molar-refractivity contribution in [2.45, 2.75) is 18.8 Å². The van der Waals surface area contributed by atoms with Gasteiger partial charge in [0.25, 0.3) is 0 Å². The molecule has 2 heteroatoms. The van der Waals surface area contributed by atoms with Crippen LogP contribution in [0.5, 0.6) is 0 Å². The van der Waals surface area contributed by atoms with Crippen LogP contribution >= 0.6 is 15.9 Å². The Balaban J connectivity index is 2.35. The van der Waals surface area contributed by atoms with E-state index in [0.29, 0.717) is 5.92 Å². The Hall–Kier alpha value is -0.340. The van der Waals surface area contributed by atoms with Gasteiger partial charge in [-0.25, -0.2) is 0 Å². The van der Waals surface area contributed by atoms with Crippen LogP contribution in [0.4, 0.5) is 0 Å². The number of halogens is 1. The largest absolute Gasteiger partial charge is 0.395 e. The van der Waals surface area contributed by atoms with E-state index in [0.717, 1.165) is 10.9 Å². The summed E-state index contributed by atoms with van der Waals surface area (Å²) in [6.45, 7) is 2.46. The molecule has 2 rings (SSSR count). The lowest BCUT2D eigenvalue weighted by atomic mass is 9.95. The van der Waals surface area contributed by atoms with Crippen molar-refractivity contribution < 1.29 is 5.11 Å². The highest BCUT2D eigenvalue weighted by Crippen LogP contribution is 2.53. The third-order valence-electron chi connectivity index (χ3n) is 3.14. The van der Waals surface area contributed by atoms with Gasteiger partial charge in [0.05, 0.1) is 6.61 Å². The molecule has 0 amide bonds. The molecular weight excluding hydrogens is 228 g/mol. The summed E-state index contributed by atoms with van der Waals surface area (Å²) in [6, 6.07) is 8.26. The third-order valence-corrected chi connectivity index (χ3v) is 3.63. The van der Waals surface area contributed by atoms with Gasteiger partial charge < -0.3 is 5.11 Å². The molecule has 1 aromatic rings. The number of aliphatic hydroxyl groups excluding tert-OH is 1. The number of benzene rings is 1. The molecule has 1 nitrogen and oxygen atoms in total. The van der Waals surface area contributed by atoms with Crippen LogP contribution in [-0.4, -0.2) is 11.7 Å². The zero-order valence-corrected chi connectivity index (χ0v) is 9.21. The Kier molecular flexibility index (Phi) is 2.20. The van der Waals surface area contributed by atoms with Crippen LogP contribution in [-0.2, 0) is 5.41 Å². The molecule has 2 atom stereocenters. The molecular formula is C11H13BrO. The van der Waals surface area contributed by atoms with Crippen molar-refractivity contribution in [2.75, 3.05) is 6.61 Å². The molecule has 0 aliphatic heterocycles. The quantitative estimate of drug-likeness (QED) is 0.844. The molecule has 1 aliphatic rings. The second-order valence-corrected chi connectivity index (χ2v) is 4.85. The van der Waals surface area contributed by atoms with E-state index in [4.69, 9.17) is 0 Å². The lowest BCUT2D eigenvalue weighted by molar-refractivity contribution is 0.247. The van der Waals surface area contributed by atoms with Crippen LogP contribution in [0.2, 0.25) is 0 Å². The molecule has 2 unspecified atom stereocenters. The predicted molar refractivity (Wildman–Crippen MR) is 56.7 cm³/mol. The normalized spacial score (nSPS) is 31.8. The Morgan fingerprint density at radius 2 is 2.31 bits per heavy atom. The van der Waals surface area contributed by atoms with E-state index in [9.17, 15) is 5.11 Å². The SMILES string of the molecule is CC1CC1(CO)c1cccc(Br)c1. The van der Waals surface area contributed by atoms with Crippen molar-refractivity contribution in [3.8, 4) is 0 Å². The molecule has 1 aliphatic carbocycles. The molecule has 1 aromatic carbocycles. The van der Waals surface area contributed by atoms with Gasteiger partial charge in [0.15, 0.2) is 0 Å². The van der Waals surface area contributed by atoms with E-state index in [2.05, 4.69) is 35.0 Å². The van der Waals surface area contributed by atoms with Crippen molar-refractivity contribution in [3.05, 3.63) is 34.3 Å². The van der Waals surface area contributed by atoms with Crippen LogP contribution in [0, 0.1) is 5.92 Å². The van der Waals surface area contributed by atoms with E-state index < -0.39 is 0 Å². The highest BCUT2D eigenvalue weighted by atomic mass is 79.9. The van der Waals surface area contributed by atoms with Crippen LogP contribution in [0.3, 0.4) is 0 Å². The first-order chi connectivity index (χ1) is 6.19. The van der Waals surface area contributed by atoms with Crippen LogP contribution in [0.15, 0.2) is 28.7 Å². The summed E-state index contributed by atoms with van der Waals surface area (Å²) < 4.78 is 1.09. The van der Waals surface area contributed by atoms with Crippen molar-refractivity contribution >= 4 is 15.9 Å². The average molecular weight is 241 g/mol. The summed E-state index contributed by atoms with van der Waals surface area (Å²) >= 11 is 3.45. The van der Waals surface area contributed by atoms with Crippen LogP contribution < -0.4 is 0 Å². The average Bonchev–Trinajstić information content (AvgIpc) is 2.78. The zero-order chi connectivity index (χ0) is 9.47. The summed E-state index contributed by atoms with van der Waals surface area (Å²) in [5, 5.41) is 9.36. The minimum absolute atomic E-state index is 0.0593. The molecule has 0 aromatic heterocycles. The molecule has 1 saturated carbocycles. The first-order valence-corrected chi connectivity index (χ1v) is 5.35. The topological polar surface area (TPSA) is 20.2 Å². The van der Waals surface area contributed by atoms with Gasteiger partial charge >= 0.3 is 0 Å². The third kappa shape index (κ3) is 1.42. The van der Waals surface area contributed by atoms with E-state index in [1.807, 2.05) is 12.1 Å². The maximum Gasteiger partial charge on any atom is 0.0530 e. The molecule has 0 radical (unpaired) electrons. The summed E-state index contributed by atoms with van der Waals surface area (Å²) in [4.78, 5) is 0.